The van der Waals surface area contributed by atoms with Crippen LogP contribution >= 0.6 is 0 Å². The Kier molecular flexibility index (Phi) is 4.95. The smallest absolute Gasteiger partial charge is 0.279 e. The van der Waals surface area contributed by atoms with Crippen LogP contribution in [0.3, 0.4) is 0 Å². The number of nitrogens with one attached hydrogen (secondary N) is 1. The van der Waals surface area contributed by atoms with Crippen molar-refractivity contribution in [3.63, 3.8) is 0 Å². The summed E-state index contributed by atoms with van der Waals surface area (Å²) in [5.74, 6) is 0. The third-order valence-electron chi connectivity index (χ3n) is 2.86. The molecule has 0 bridgehead atoms. The molecule has 0 atom stereocenters. The molecule has 0 aromatic carbocycles. The average Bonchev–Trinajstić information content (AvgIpc) is 3.00. The van der Waals surface area contributed by atoms with Gasteiger partial charge in [-0.3, -0.25) is 0 Å². The number of rotatable bonds is 8. The molecular weight excluding hydrogens is 238 g/mol. The first kappa shape index (κ1) is 14.9. The van der Waals surface area contributed by atoms with Crippen molar-refractivity contribution in [3.05, 3.63) is 0 Å². The SMILES string of the molecule is CCCN(CC(C)(C)CN)S(=O)(=O)NC1CC1. The van der Waals surface area contributed by atoms with Crippen LogP contribution in [0.1, 0.15) is 40.0 Å². The van der Waals surface area contributed by atoms with E-state index in [0.29, 0.717) is 19.6 Å². The summed E-state index contributed by atoms with van der Waals surface area (Å²) in [5, 5.41) is 0. The molecule has 0 aromatic heterocycles. The van der Waals surface area contributed by atoms with E-state index < -0.39 is 10.2 Å². The number of hydrogen-bond donors (Lipinski definition) is 2. The predicted molar refractivity (Wildman–Crippen MR) is 69.8 cm³/mol. The Labute approximate surface area is 105 Å². The Morgan fingerprint density at radius 1 is 1.41 bits per heavy atom. The van der Waals surface area contributed by atoms with E-state index in [0.717, 1.165) is 19.3 Å². The zero-order chi connectivity index (χ0) is 13.1. The second kappa shape index (κ2) is 5.65. The molecule has 102 valence electrons. The molecule has 1 aliphatic carbocycles. The van der Waals surface area contributed by atoms with Crippen LogP contribution in [0.2, 0.25) is 0 Å². The first-order chi connectivity index (χ1) is 7.80. The fraction of sp³-hybridized carbons (Fsp3) is 1.00. The standard InChI is InChI=1S/C11H25N3O2S/c1-4-7-14(9-11(2,3)8-12)17(15,16)13-10-5-6-10/h10,13H,4-9,12H2,1-3H3. The highest BCUT2D eigenvalue weighted by Crippen LogP contribution is 2.22. The summed E-state index contributed by atoms with van der Waals surface area (Å²) >= 11 is 0. The molecule has 1 rings (SSSR count). The Bertz CT molecular complexity index is 337. The van der Waals surface area contributed by atoms with E-state index in [4.69, 9.17) is 5.73 Å². The highest BCUT2D eigenvalue weighted by Gasteiger charge is 2.33. The van der Waals surface area contributed by atoms with Crippen LogP contribution in [0.25, 0.3) is 0 Å². The number of nitrogens with zero attached hydrogens (tertiary/aromatic N) is 1. The molecule has 0 heterocycles. The molecule has 0 aromatic rings. The molecule has 0 unspecified atom stereocenters. The summed E-state index contributed by atoms with van der Waals surface area (Å²) in [5.41, 5.74) is 5.48. The Hall–Kier alpha value is -0.170. The molecule has 5 nitrogen and oxygen atoms in total. The molecule has 0 radical (unpaired) electrons. The van der Waals surface area contributed by atoms with E-state index in [1.165, 1.54) is 4.31 Å². The Balaban J connectivity index is 2.69. The third kappa shape index (κ3) is 4.91. The molecule has 1 saturated carbocycles. The van der Waals surface area contributed by atoms with Crippen molar-refractivity contribution in [2.24, 2.45) is 11.1 Å². The van der Waals surface area contributed by atoms with Crippen LogP contribution in [0.15, 0.2) is 0 Å². The van der Waals surface area contributed by atoms with E-state index >= 15 is 0 Å². The van der Waals surface area contributed by atoms with E-state index in [1.54, 1.807) is 0 Å². The van der Waals surface area contributed by atoms with Gasteiger partial charge in [0.05, 0.1) is 0 Å². The van der Waals surface area contributed by atoms with E-state index in [1.807, 2.05) is 20.8 Å². The van der Waals surface area contributed by atoms with Crippen molar-refractivity contribution < 1.29 is 8.42 Å². The van der Waals surface area contributed by atoms with Gasteiger partial charge in [-0.05, 0) is 31.2 Å². The normalized spacial score (nSPS) is 17.7. The van der Waals surface area contributed by atoms with Gasteiger partial charge in [-0.1, -0.05) is 20.8 Å². The monoisotopic (exact) mass is 263 g/mol. The maximum Gasteiger partial charge on any atom is 0.279 e. The van der Waals surface area contributed by atoms with Crippen LogP contribution < -0.4 is 10.5 Å². The summed E-state index contributed by atoms with van der Waals surface area (Å²) in [6.45, 7) is 7.46. The van der Waals surface area contributed by atoms with Gasteiger partial charge in [0.25, 0.3) is 10.2 Å². The van der Waals surface area contributed by atoms with Gasteiger partial charge in [-0.2, -0.15) is 17.4 Å². The number of nitrogens with two attached hydrogens (primary N) is 1. The van der Waals surface area contributed by atoms with E-state index in [9.17, 15) is 8.42 Å². The molecule has 0 aliphatic heterocycles. The lowest BCUT2D eigenvalue weighted by Crippen LogP contribution is -2.47. The first-order valence-electron chi connectivity index (χ1n) is 6.28. The van der Waals surface area contributed by atoms with Crippen LogP contribution in [-0.2, 0) is 10.2 Å². The highest BCUT2D eigenvalue weighted by molar-refractivity contribution is 7.87. The van der Waals surface area contributed by atoms with Crippen LogP contribution in [0.5, 0.6) is 0 Å². The molecule has 17 heavy (non-hydrogen) atoms. The summed E-state index contributed by atoms with van der Waals surface area (Å²) in [4.78, 5) is 0. The molecule has 3 N–H and O–H groups in total. The van der Waals surface area contributed by atoms with Crippen LogP contribution in [-0.4, -0.2) is 38.4 Å². The van der Waals surface area contributed by atoms with Crippen molar-refractivity contribution >= 4 is 10.2 Å². The van der Waals surface area contributed by atoms with Gasteiger partial charge in [0.1, 0.15) is 0 Å². The minimum absolute atomic E-state index is 0.153. The van der Waals surface area contributed by atoms with Gasteiger partial charge < -0.3 is 5.73 Å². The van der Waals surface area contributed by atoms with Crippen molar-refractivity contribution in [1.29, 1.82) is 0 Å². The van der Waals surface area contributed by atoms with Gasteiger partial charge in [0, 0.05) is 19.1 Å². The van der Waals surface area contributed by atoms with Gasteiger partial charge in [-0.25, -0.2) is 0 Å². The largest absolute Gasteiger partial charge is 0.330 e. The lowest BCUT2D eigenvalue weighted by molar-refractivity contribution is 0.264. The topological polar surface area (TPSA) is 75.4 Å². The summed E-state index contributed by atoms with van der Waals surface area (Å²) in [7, 11) is -3.34. The quantitative estimate of drug-likeness (QED) is 0.676. The van der Waals surface area contributed by atoms with Gasteiger partial charge >= 0.3 is 0 Å². The lowest BCUT2D eigenvalue weighted by Gasteiger charge is -2.31. The second-order valence-electron chi connectivity index (χ2n) is 5.60. The highest BCUT2D eigenvalue weighted by atomic mass is 32.2. The maximum absolute atomic E-state index is 12.1. The second-order valence-corrected chi connectivity index (χ2v) is 7.30. The maximum atomic E-state index is 12.1. The van der Waals surface area contributed by atoms with Crippen molar-refractivity contribution in [2.45, 2.75) is 46.1 Å². The molecule has 0 spiro atoms. The average molecular weight is 263 g/mol. The third-order valence-corrected chi connectivity index (χ3v) is 4.49. The van der Waals surface area contributed by atoms with Gasteiger partial charge in [0.2, 0.25) is 0 Å². The predicted octanol–water partition coefficient (Wildman–Crippen LogP) is 0.680. The number of hydrogen-bond acceptors (Lipinski definition) is 3. The van der Waals surface area contributed by atoms with Gasteiger partial charge in [0.15, 0.2) is 0 Å². The molecule has 0 saturated heterocycles. The van der Waals surface area contributed by atoms with Crippen LogP contribution in [0.4, 0.5) is 0 Å². The lowest BCUT2D eigenvalue weighted by atomic mass is 9.94. The minimum atomic E-state index is -3.34. The van der Waals surface area contributed by atoms with Gasteiger partial charge in [-0.15, -0.1) is 0 Å². The van der Waals surface area contributed by atoms with E-state index in [-0.39, 0.29) is 11.5 Å². The van der Waals surface area contributed by atoms with Crippen molar-refractivity contribution in [2.75, 3.05) is 19.6 Å². The fourth-order valence-electron chi connectivity index (χ4n) is 1.56. The van der Waals surface area contributed by atoms with Crippen molar-refractivity contribution in [3.8, 4) is 0 Å². The first-order valence-corrected chi connectivity index (χ1v) is 7.72. The van der Waals surface area contributed by atoms with E-state index in [2.05, 4.69) is 4.72 Å². The molecule has 1 aliphatic rings. The van der Waals surface area contributed by atoms with Crippen LogP contribution in [0, 0.1) is 5.41 Å². The summed E-state index contributed by atoms with van der Waals surface area (Å²) in [6, 6.07) is 0.153. The molecular formula is C11H25N3O2S. The zero-order valence-electron chi connectivity index (χ0n) is 11.1. The summed E-state index contributed by atoms with van der Waals surface area (Å²) < 4.78 is 28.5. The molecule has 6 heteroatoms. The fourth-order valence-corrected chi connectivity index (χ4v) is 3.31. The molecule has 1 fully saturated rings. The van der Waals surface area contributed by atoms with Crippen molar-refractivity contribution in [1.82, 2.24) is 9.03 Å². The Morgan fingerprint density at radius 3 is 2.41 bits per heavy atom. The zero-order valence-corrected chi connectivity index (χ0v) is 11.9. The molecule has 0 amide bonds. The Morgan fingerprint density at radius 2 is 2.00 bits per heavy atom. The summed E-state index contributed by atoms with van der Waals surface area (Å²) in [6.07, 6.45) is 2.73. The minimum Gasteiger partial charge on any atom is -0.330 e.